The highest BCUT2D eigenvalue weighted by Crippen LogP contribution is 2.34. The molecule has 12 N–H and O–H groups in total. The van der Waals surface area contributed by atoms with Gasteiger partial charge in [-0.15, -0.1) is 0 Å². The summed E-state index contributed by atoms with van der Waals surface area (Å²) in [5.74, 6) is -0.233. The molecule has 0 spiro atoms. The van der Waals surface area contributed by atoms with E-state index in [1.807, 2.05) is 0 Å². The molecule has 0 aromatic heterocycles. The topological polar surface area (TPSA) is 307 Å². The van der Waals surface area contributed by atoms with Crippen LogP contribution in [-0.4, -0.2) is 193 Å². The minimum absolute atomic E-state index is 0.233. The third kappa shape index (κ3) is 50.7. The van der Waals surface area contributed by atoms with Gasteiger partial charge in [0.15, 0.2) is 18.9 Å². The highest BCUT2D eigenvalue weighted by atomic mass is 16.8. The second-order valence-corrected chi connectivity index (χ2v) is 33.8. The molecule has 3 fully saturated rings. The van der Waals surface area contributed by atoms with E-state index in [0.717, 1.165) is 51.4 Å². The quantitative estimate of drug-likeness (QED) is 0.0199. The first-order valence-electron chi connectivity index (χ1n) is 47.1. The van der Waals surface area contributed by atoms with Gasteiger partial charge in [0, 0.05) is 6.42 Å². The van der Waals surface area contributed by atoms with Crippen LogP contribution in [0.2, 0.25) is 0 Å². The molecule has 0 radical (unpaired) electrons. The summed E-state index contributed by atoms with van der Waals surface area (Å²) in [5, 5.41) is 121. The Bertz CT molecular complexity index is 2090. The van der Waals surface area contributed by atoms with Crippen molar-refractivity contribution in [3.05, 3.63) is 24.3 Å². The zero-order valence-corrected chi connectivity index (χ0v) is 71.0. The number of ether oxygens (including phenoxy) is 6. The van der Waals surface area contributed by atoms with Crippen LogP contribution in [0.5, 0.6) is 0 Å². The maximum absolute atomic E-state index is 13.6. The van der Waals surface area contributed by atoms with Gasteiger partial charge in [0.1, 0.15) is 73.2 Å². The predicted molar refractivity (Wildman–Crippen MR) is 448 cm³/mol. The Labute approximate surface area is 677 Å². The number of aliphatic hydroxyl groups is 11. The fraction of sp³-hybridized carbons (Fsp3) is 0.946. The van der Waals surface area contributed by atoms with Crippen molar-refractivity contribution >= 4 is 5.91 Å². The molecule has 3 heterocycles. The molecule has 0 aromatic rings. The number of hydrogen-bond donors (Lipinski definition) is 12. The van der Waals surface area contributed by atoms with E-state index in [4.69, 9.17) is 28.4 Å². The number of carbonyl (C=O) groups excluding carboxylic acids is 1. The van der Waals surface area contributed by atoms with Crippen LogP contribution in [0.15, 0.2) is 24.3 Å². The van der Waals surface area contributed by atoms with Crippen molar-refractivity contribution < 1.29 is 89.4 Å². The van der Waals surface area contributed by atoms with Gasteiger partial charge in [0.25, 0.3) is 0 Å². The van der Waals surface area contributed by atoms with Crippen LogP contribution in [0.4, 0.5) is 0 Å². The lowest BCUT2D eigenvalue weighted by molar-refractivity contribution is -0.379. The number of nitrogens with one attached hydrogen (secondary N) is 1. The summed E-state index contributed by atoms with van der Waals surface area (Å²) < 4.78 is 34.6. The van der Waals surface area contributed by atoms with Crippen molar-refractivity contribution in [3.8, 4) is 0 Å². The molecule has 656 valence electrons. The van der Waals surface area contributed by atoms with Crippen molar-refractivity contribution in [2.75, 3.05) is 26.4 Å². The molecule has 19 nitrogen and oxygen atoms in total. The molecular formula is C92H175NO18. The van der Waals surface area contributed by atoms with Gasteiger partial charge in [-0.25, -0.2) is 0 Å². The largest absolute Gasteiger partial charge is 0.394 e. The van der Waals surface area contributed by atoms with Crippen LogP contribution >= 0.6 is 0 Å². The normalized spacial score (nSPS) is 25.1. The van der Waals surface area contributed by atoms with Crippen LogP contribution < -0.4 is 5.32 Å². The van der Waals surface area contributed by atoms with E-state index in [1.165, 1.54) is 340 Å². The van der Waals surface area contributed by atoms with E-state index >= 15 is 0 Å². The monoisotopic (exact) mass is 1580 g/mol. The molecule has 3 aliphatic heterocycles. The molecule has 0 bridgehead atoms. The van der Waals surface area contributed by atoms with Crippen LogP contribution in [-0.2, 0) is 33.2 Å². The van der Waals surface area contributed by atoms with E-state index in [-0.39, 0.29) is 18.9 Å². The minimum atomic E-state index is -1.97. The number of aliphatic hydroxyl groups excluding tert-OH is 11. The maximum atomic E-state index is 13.6. The molecule has 17 atom stereocenters. The van der Waals surface area contributed by atoms with Crippen molar-refractivity contribution in [2.24, 2.45) is 0 Å². The lowest BCUT2D eigenvalue weighted by Gasteiger charge is -2.48. The average molecular weight is 1580 g/mol. The average Bonchev–Trinajstić information content (AvgIpc) is 0.780. The first kappa shape index (κ1) is 103. The van der Waals surface area contributed by atoms with Crippen molar-refractivity contribution in [2.45, 2.75) is 529 Å². The lowest BCUT2D eigenvalue weighted by Crippen LogP contribution is -2.66. The Balaban J connectivity index is 1.30. The number of amides is 1. The SMILES string of the molecule is CCCCCCC/C=C\C/C=C\CCCCCCCCCCCCCCCCCCCCCCCC(=O)NC(COC1OC(CO)C(OC2OC(CO)C(OC3OC(CO)C(O)C(O)C3O)C(O)C2O)C(O)C1O)C(O)CCCCCCCCCCCCCCCCCCCCCCCCCCCCCCCCCCC. The lowest BCUT2D eigenvalue weighted by atomic mass is 9.96. The zero-order valence-electron chi connectivity index (χ0n) is 71.0. The predicted octanol–water partition coefficient (Wildman–Crippen LogP) is 18.4. The van der Waals surface area contributed by atoms with E-state index < -0.39 is 124 Å². The highest BCUT2D eigenvalue weighted by Gasteiger charge is 2.54. The summed E-state index contributed by atoms with van der Waals surface area (Å²) in [4.78, 5) is 13.6. The Morgan fingerprint density at radius 2 is 0.595 bits per heavy atom. The van der Waals surface area contributed by atoms with Crippen LogP contribution in [0, 0.1) is 0 Å². The molecule has 0 aliphatic carbocycles. The number of carbonyl (C=O) groups is 1. The van der Waals surface area contributed by atoms with Crippen LogP contribution in [0.1, 0.15) is 425 Å². The molecular weight excluding hydrogens is 1410 g/mol. The van der Waals surface area contributed by atoms with Gasteiger partial charge in [-0.2, -0.15) is 0 Å². The van der Waals surface area contributed by atoms with E-state index in [9.17, 15) is 61.0 Å². The molecule has 1 amide bonds. The van der Waals surface area contributed by atoms with Gasteiger partial charge >= 0.3 is 0 Å². The molecule has 0 saturated carbocycles. The summed E-state index contributed by atoms with van der Waals surface area (Å²) >= 11 is 0. The van der Waals surface area contributed by atoms with Crippen LogP contribution in [0.25, 0.3) is 0 Å². The Morgan fingerprint density at radius 1 is 0.324 bits per heavy atom. The molecule has 3 rings (SSSR count). The second kappa shape index (κ2) is 72.3. The standard InChI is InChI=1S/C92H175NO18/c1-3-5-7-9-11-13-15-17-19-21-23-25-27-29-31-33-35-37-39-41-43-45-47-49-51-53-55-57-59-61-63-65-67-69-76(97)75(74-106-90-86(104)83(101)88(78(72-95)108-90)111-92-87(105)84(102)89(79(73-96)109-92)110-91-85(103)82(100)81(99)77(71-94)107-91)93-80(98)70-68-66-64-62-60-58-56-54-52-50-48-46-44-42-40-38-36-34-32-30-28-26-24-22-20-18-16-14-12-10-8-6-4-2/h16,18,22,24,75-79,81-92,94-97,99-105H,3-15,17,19-21,23,25-74H2,1-2H3,(H,93,98)/b18-16-,24-22-. The number of rotatable bonds is 78. The van der Waals surface area contributed by atoms with E-state index in [2.05, 4.69) is 43.5 Å². The van der Waals surface area contributed by atoms with Gasteiger partial charge < -0.3 is 89.9 Å². The number of unbranched alkanes of at least 4 members (excludes halogenated alkanes) is 58. The van der Waals surface area contributed by atoms with Gasteiger partial charge in [-0.1, -0.05) is 398 Å². The molecule has 0 aromatic carbocycles. The third-order valence-corrected chi connectivity index (χ3v) is 23.8. The summed E-state index contributed by atoms with van der Waals surface area (Å²) in [5.41, 5.74) is 0. The maximum Gasteiger partial charge on any atom is 0.220 e. The van der Waals surface area contributed by atoms with Gasteiger partial charge in [0.05, 0.1) is 38.6 Å². The van der Waals surface area contributed by atoms with Gasteiger partial charge in [-0.3, -0.25) is 4.79 Å². The molecule has 3 aliphatic rings. The molecule has 3 saturated heterocycles. The second-order valence-electron chi connectivity index (χ2n) is 33.8. The van der Waals surface area contributed by atoms with Gasteiger partial charge in [-0.05, 0) is 44.9 Å². The summed E-state index contributed by atoms with van der Waals surface area (Å²) in [6, 6.07) is -0.887. The summed E-state index contributed by atoms with van der Waals surface area (Å²) in [6.45, 7) is 1.87. The third-order valence-electron chi connectivity index (χ3n) is 23.8. The van der Waals surface area contributed by atoms with E-state index in [0.29, 0.717) is 12.8 Å². The number of allylic oxidation sites excluding steroid dienone is 4. The van der Waals surface area contributed by atoms with Gasteiger partial charge in [0.2, 0.25) is 5.91 Å². The highest BCUT2D eigenvalue weighted by molar-refractivity contribution is 5.76. The zero-order chi connectivity index (χ0) is 80.3. The molecule has 19 heteroatoms. The summed E-state index contributed by atoms with van der Waals surface area (Å²) in [7, 11) is 0. The fourth-order valence-corrected chi connectivity index (χ4v) is 16.3. The Hall–Kier alpha value is -1.73. The van der Waals surface area contributed by atoms with Crippen molar-refractivity contribution in [3.63, 3.8) is 0 Å². The first-order valence-corrected chi connectivity index (χ1v) is 47.1. The van der Waals surface area contributed by atoms with E-state index in [1.54, 1.807) is 0 Å². The fourth-order valence-electron chi connectivity index (χ4n) is 16.3. The number of hydrogen-bond acceptors (Lipinski definition) is 18. The molecule has 17 unspecified atom stereocenters. The summed E-state index contributed by atoms with van der Waals surface area (Å²) in [6.07, 6.45) is 64.4. The first-order chi connectivity index (χ1) is 54.3. The van der Waals surface area contributed by atoms with Crippen LogP contribution in [0.3, 0.4) is 0 Å². The van der Waals surface area contributed by atoms with Crippen molar-refractivity contribution in [1.82, 2.24) is 5.32 Å². The molecule has 111 heavy (non-hydrogen) atoms. The minimum Gasteiger partial charge on any atom is -0.394 e. The Morgan fingerprint density at radius 3 is 0.919 bits per heavy atom. The smallest absolute Gasteiger partial charge is 0.220 e. The Kier molecular flexibility index (Phi) is 67.4. The van der Waals surface area contributed by atoms with Crippen molar-refractivity contribution in [1.29, 1.82) is 0 Å².